The molecule has 8 aromatic heterocycles. The van der Waals surface area contributed by atoms with Crippen molar-refractivity contribution >= 4 is 214 Å². The van der Waals surface area contributed by atoms with Crippen LogP contribution in [0.3, 0.4) is 0 Å². The van der Waals surface area contributed by atoms with E-state index in [0.29, 0.717) is 0 Å². The van der Waals surface area contributed by atoms with Gasteiger partial charge in [-0.2, -0.15) is 0 Å². The largest absolute Gasteiger partial charge is 0.354 e. The Morgan fingerprint density at radius 2 is 0.628 bits per heavy atom. The zero-order valence-electron chi connectivity index (χ0n) is 65.3. The number of aromatic amines is 2. The van der Waals surface area contributed by atoms with Crippen molar-refractivity contribution in [2.75, 3.05) is 0 Å². The maximum absolute atomic E-state index is 3.62. The first-order chi connectivity index (χ1) is 60.0. The normalized spacial score (nSPS) is 12.3. The number of para-hydroxylation sites is 6. The summed E-state index contributed by atoms with van der Waals surface area (Å²) in [6.45, 7) is 0. The minimum atomic E-state index is 1.03. The highest BCUT2D eigenvalue weighted by Crippen LogP contribution is 2.52. The van der Waals surface area contributed by atoms with Gasteiger partial charge in [-0.25, -0.2) is 0 Å². The van der Waals surface area contributed by atoms with E-state index >= 15 is 0 Å². The Balaban J connectivity index is 0.0000000980. The van der Waals surface area contributed by atoms with Crippen LogP contribution < -0.4 is 0 Å². The Labute approximate surface area is 706 Å². The Morgan fingerprint density at radius 1 is 0.207 bits per heavy atom. The summed E-state index contributed by atoms with van der Waals surface area (Å²) in [5.74, 6) is 0. The van der Waals surface area contributed by atoms with Gasteiger partial charge in [-0.05, 0) is 159 Å². The molecular formula is C113H69N5S3. The number of H-pyrrole nitrogens is 2. The highest BCUT2D eigenvalue weighted by atomic mass is 32.1. The van der Waals surface area contributed by atoms with E-state index in [4.69, 9.17) is 0 Å². The summed E-state index contributed by atoms with van der Waals surface area (Å²) >= 11 is 5.76. The molecule has 28 rings (SSSR count). The molecule has 0 saturated heterocycles. The van der Waals surface area contributed by atoms with Crippen LogP contribution in [0.4, 0.5) is 0 Å². The van der Waals surface area contributed by atoms with Gasteiger partial charge in [0, 0.05) is 159 Å². The summed E-state index contributed by atoms with van der Waals surface area (Å²) in [5, 5.41) is 23.6. The van der Waals surface area contributed by atoms with Crippen molar-refractivity contribution in [3.05, 3.63) is 405 Å². The number of nitrogens with zero attached hydrogens (tertiary/aromatic N) is 3. The quantitative estimate of drug-likeness (QED) is 0.167. The zero-order chi connectivity index (χ0) is 79.1. The number of hydrogen-bond acceptors (Lipinski definition) is 3. The van der Waals surface area contributed by atoms with Gasteiger partial charge >= 0.3 is 0 Å². The molecular weight excluding hydrogens is 1520 g/mol. The number of nitrogens with one attached hydrogen (secondary N) is 2. The molecule has 0 aliphatic heterocycles. The van der Waals surface area contributed by atoms with Crippen molar-refractivity contribution in [2.24, 2.45) is 0 Å². The van der Waals surface area contributed by atoms with Crippen molar-refractivity contribution in [3.63, 3.8) is 0 Å². The smallest absolute Gasteiger partial charge is 0.0555 e. The van der Waals surface area contributed by atoms with E-state index in [1.807, 2.05) is 34.0 Å². The van der Waals surface area contributed by atoms with Gasteiger partial charge in [0.15, 0.2) is 0 Å². The topological polar surface area (TPSA) is 46.4 Å². The van der Waals surface area contributed by atoms with Crippen LogP contribution in [-0.4, -0.2) is 23.7 Å². The predicted octanol–water partition coefficient (Wildman–Crippen LogP) is 32.4. The second-order valence-corrected chi connectivity index (χ2v) is 35.3. The Morgan fingerprint density at radius 3 is 1.21 bits per heavy atom. The van der Waals surface area contributed by atoms with Gasteiger partial charge in [-0.1, -0.05) is 291 Å². The van der Waals surface area contributed by atoms with Crippen molar-refractivity contribution in [3.8, 4) is 61.6 Å². The maximum Gasteiger partial charge on any atom is 0.0555 e. The Bertz CT molecular complexity index is 9010. The average molecular weight is 1590 g/mol. The minimum Gasteiger partial charge on any atom is -0.354 e. The van der Waals surface area contributed by atoms with E-state index in [0.717, 1.165) is 6.42 Å². The monoisotopic (exact) mass is 1590 g/mol. The molecule has 121 heavy (non-hydrogen) atoms. The van der Waals surface area contributed by atoms with Crippen LogP contribution in [0.15, 0.2) is 394 Å². The van der Waals surface area contributed by atoms with Gasteiger partial charge in [0.05, 0.1) is 44.5 Å². The summed E-state index contributed by atoms with van der Waals surface area (Å²) in [6.07, 6.45) is 1.03. The van der Waals surface area contributed by atoms with Crippen molar-refractivity contribution in [1.29, 1.82) is 0 Å². The molecule has 1 aliphatic carbocycles. The molecule has 5 nitrogen and oxygen atoms in total. The van der Waals surface area contributed by atoms with E-state index in [9.17, 15) is 0 Å². The number of hydrogen-bond donors (Lipinski definition) is 2. The molecule has 2 N–H and O–H groups in total. The molecule has 564 valence electrons. The van der Waals surface area contributed by atoms with Crippen LogP contribution in [0.5, 0.6) is 0 Å². The molecule has 19 aromatic carbocycles. The van der Waals surface area contributed by atoms with Crippen LogP contribution >= 0.6 is 34.0 Å². The fourth-order valence-electron chi connectivity index (χ4n) is 20.3. The fourth-order valence-corrected chi connectivity index (χ4v) is 24.2. The molecule has 0 spiro atoms. The molecule has 0 amide bonds. The van der Waals surface area contributed by atoms with Crippen LogP contribution in [-0.2, 0) is 6.42 Å². The third-order valence-corrected chi connectivity index (χ3v) is 29.2. The van der Waals surface area contributed by atoms with E-state index in [1.165, 1.54) is 253 Å². The highest BCUT2D eigenvalue weighted by molar-refractivity contribution is 7.27. The molecule has 27 aromatic rings. The SMILES string of the molecule is c1ccc(-c2ccc(-n3c4ccccc4c4cc5c(cc43)sc3c4c(ccc35)Cc3ccccc3-4)c3ccccc23)cc1.c1ccc(-c2cccc(-n3c4ccccc4c4cc5c(cc43)sc3c5ccc4[nH]c5ccccc5c43)c2)cc1.c1ccc(-c2ccccc2-n2c3ccccc3c3cc4c(cc32)sc2c4ccc3[nH]c4ccccc4c32)cc1. The molecule has 0 atom stereocenters. The van der Waals surface area contributed by atoms with Gasteiger partial charge in [0.25, 0.3) is 0 Å². The van der Waals surface area contributed by atoms with Gasteiger partial charge in [-0.3, -0.25) is 0 Å². The maximum atomic E-state index is 3.62. The lowest BCUT2D eigenvalue weighted by Gasteiger charge is -2.15. The molecule has 0 saturated carbocycles. The highest BCUT2D eigenvalue weighted by Gasteiger charge is 2.27. The summed E-state index contributed by atoms with van der Waals surface area (Å²) < 4.78 is 15.5. The first-order valence-electron chi connectivity index (χ1n) is 41.5. The summed E-state index contributed by atoms with van der Waals surface area (Å²) in [5.41, 5.74) is 29.0. The number of fused-ring (bicyclic) bond motifs is 31. The van der Waals surface area contributed by atoms with Gasteiger partial charge in [0.2, 0.25) is 0 Å². The van der Waals surface area contributed by atoms with Crippen LogP contribution in [0.1, 0.15) is 11.1 Å². The number of benzene rings is 19. The fraction of sp³-hybridized carbons (Fsp3) is 0.00885. The molecule has 8 heterocycles. The van der Waals surface area contributed by atoms with E-state index < -0.39 is 0 Å². The predicted molar refractivity (Wildman–Crippen MR) is 522 cm³/mol. The minimum absolute atomic E-state index is 1.03. The second kappa shape index (κ2) is 26.8. The standard InChI is InChI=1S/C41H25NS.2C36H22N2S/c1-2-10-25(11-3-1)28-20-21-37(31-15-7-6-14-30(28)31)42-36-17-9-8-16-32(36)34-23-35-33-19-18-27-22-26-12-4-5-13-29(26)40(27)41(33)43-39(35)24-38(34)42;1-2-10-22(11-3-1)23-12-5-8-16-31(23)38-32-17-9-6-13-24(32)27-20-28-25-18-19-30-35(26-14-4-7-15-29(26)37-30)36(25)39-34(28)21-33(27)38;1-2-9-22(10-3-1)23-11-8-12-24(19-23)38-32-16-7-5-13-25(32)28-20-29-26-17-18-31-35(27-14-4-6-15-30(27)37-31)36(26)39-34(29)21-33(28)38/h1-21,23-24H,22H2;2*1-21,37H. The summed E-state index contributed by atoms with van der Waals surface area (Å²) in [6, 6.07) is 144. The zero-order valence-corrected chi connectivity index (χ0v) is 67.8. The number of aromatic nitrogens is 5. The first-order valence-corrected chi connectivity index (χ1v) is 43.9. The van der Waals surface area contributed by atoms with Crippen LogP contribution in [0.2, 0.25) is 0 Å². The van der Waals surface area contributed by atoms with Gasteiger partial charge in [0.1, 0.15) is 0 Å². The van der Waals surface area contributed by atoms with Gasteiger partial charge in [-0.15, -0.1) is 34.0 Å². The molecule has 0 fully saturated rings. The molecule has 8 heteroatoms. The van der Waals surface area contributed by atoms with Crippen LogP contribution in [0, 0.1) is 0 Å². The second-order valence-electron chi connectivity index (χ2n) is 32.2. The third-order valence-electron chi connectivity index (χ3n) is 25.7. The van der Waals surface area contributed by atoms with Gasteiger partial charge < -0.3 is 23.7 Å². The Hall–Kier alpha value is -14.9. The molecule has 0 radical (unpaired) electrons. The lowest BCUT2D eigenvalue weighted by Crippen LogP contribution is -1.96. The van der Waals surface area contributed by atoms with Crippen LogP contribution in [0.25, 0.3) is 242 Å². The molecule has 0 unspecified atom stereocenters. The third kappa shape index (κ3) is 10.4. The molecule has 0 bridgehead atoms. The number of thiophene rings is 3. The van der Waals surface area contributed by atoms with Crippen molar-refractivity contribution in [2.45, 2.75) is 6.42 Å². The lowest BCUT2D eigenvalue weighted by atomic mass is 9.97. The van der Waals surface area contributed by atoms with E-state index in [-0.39, 0.29) is 0 Å². The first kappa shape index (κ1) is 68.2. The average Bonchev–Trinajstić information content (AvgIpc) is 1.55. The van der Waals surface area contributed by atoms with Crippen molar-refractivity contribution < 1.29 is 0 Å². The summed E-state index contributed by atoms with van der Waals surface area (Å²) in [4.78, 5) is 7.24. The van der Waals surface area contributed by atoms with E-state index in [2.05, 4.69) is 418 Å². The number of rotatable bonds is 6. The molecule has 1 aliphatic rings. The summed E-state index contributed by atoms with van der Waals surface area (Å²) in [7, 11) is 0. The van der Waals surface area contributed by atoms with E-state index in [1.54, 1.807) is 0 Å². The van der Waals surface area contributed by atoms with Crippen molar-refractivity contribution in [1.82, 2.24) is 23.7 Å². The Kier molecular flexibility index (Phi) is 15.1. The lowest BCUT2D eigenvalue weighted by molar-refractivity contribution is 1.18.